The summed E-state index contributed by atoms with van der Waals surface area (Å²) in [5.41, 5.74) is 8.41. The molecule has 0 aliphatic carbocycles. The number of ether oxygens (including phenoxy) is 1. The van der Waals surface area contributed by atoms with E-state index in [1.165, 1.54) is 0 Å². The molecule has 0 aliphatic rings. The molecule has 1 aromatic heterocycles. The molecule has 0 radical (unpaired) electrons. The Balaban J connectivity index is 2.59. The molecule has 0 fully saturated rings. The van der Waals surface area contributed by atoms with E-state index in [0.29, 0.717) is 6.54 Å². The van der Waals surface area contributed by atoms with Crippen LogP contribution in [0.25, 0.3) is 10.9 Å². The van der Waals surface area contributed by atoms with Gasteiger partial charge in [-0.3, -0.25) is 0 Å². The summed E-state index contributed by atoms with van der Waals surface area (Å²) in [6.07, 6.45) is 0. The Morgan fingerprint density at radius 1 is 1.41 bits per heavy atom. The van der Waals surface area contributed by atoms with Crippen molar-refractivity contribution in [2.24, 2.45) is 5.73 Å². The molecule has 0 saturated carbocycles. The lowest BCUT2D eigenvalue weighted by Gasteiger charge is -2.11. The van der Waals surface area contributed by atoms with Crippen LogP contribution in [0.4, 0.5) is 5.69 Å². The van der Waals surface area contributed by atoms with Crippen LogP contribution in [0.15, 0.2) is 24.3 Å². The van der Waals surface area contributed by atoms with Crippen molar-refractivity contribution in [3.05, 3.63) is 30.0 Å². The summed E-state index contributed by atoms with van der Waals surface area (Å²) in [5, 5.41) is 4.37. The molecule has 1 aromatic carbocycles. The molecule has 0 saturated heterocycles. The van der Waals surface area contributed by atoms with Crippen LogP contribution < -0.4 is 15.8 Å². The summed E-state index contributed by atoms with van der Waals surface area (Å²) in [7, 11) is 1.66. The Kier molecular flexibility index (Phi) is 3.44. The van der Waals surface area contributed by atoms with Crippen LogP contribution in [0, 0.1) is 6.92 Å². The fourth-order valence-corrected chi connectivity index (χ4v) is 1.87. The largest absolute Gasteiger partial charge is 0.494 e. The molecule has 3 N–H and O–H groups in total. The van der Waals surface area contributed by atoms with E-state index in [4.69, 9.17) is 10.5 Å². The zero-order valence-electron chi connectivity index (χ0n) is 10.2. The predicted molar refractivity (Wildman–Crippen MR) is 70.6 cm³/mol. The van der Waals surface area contributed by atoms with Gasteiger partial charge in [0.15, 0.2) is 0 Å². The Hall–Kier alpha value is -1.81. The minimum absolute atomic E-state index is 0.604. The maximum Gasteiger partial charge on any atom is 0.145 e. The minimum atomic E-state index is 0.604. The molecule has 1 heterocycles. The molecule has 2 aromatic rings. The van der Waals surface area contributed by atoms with Crippen molar-refractivity contribution in [2.75, 3.05) is 25.5 Å². The number of benzene rings is 1. The lowest BCUT2D eigenvalue weighted by Crippen LogP contribution is -2.13. The van der Waals surface area contributed by atoms with Crippen LogP contribution in [0.3, 0.4) is 0 Å². The Labute approximate surface area is 101 Å². The van der Waals surface area contributed by atoms with Gasteiger partial charge in [0.05, 0.1) is 7.11 Å². The van der Waals surface area contributed by atoms with Gasteiger partial charge in [0, 0.05) is 29.9 Å². The lowest BCUT2D eigenvalue weighted by atomic mass is 10.1. The Morgan fingerprint density at radius 3 is 2.94 bits per heavy atom. The van der Waals surface area contributed by atoms with Gasteiger partial charge in [-0.05, 0) is 19.1 Å². The van der Waals surface area contributed by atoms with E-state index in [0.717, 1.165) is 34.6 Å². The zero-order chi connectivity index (χ0) is 12.3. The van der Waals surface area contributed by atoms with E-state index < -0.39 is 0 Å². The molecule has 0 bridgehead atoms. The van der Waals surface area contributed by atoms with E-state index >= 15 is 0 Å². The van der Waals surface area contributed by atoms with E-state index in [1.54, 1.807) is 7.11 Å². The normalized spacial score (nSPS) is 10.5. The monoisotopic (exact) mass is 231 g/mol. The number of fused-ring (bicyclic) bond motifs is 1. The van der Waals surface area contributed by atoms with Crippen LogP contribution in [0.2, 0.25) is 0 Å². The highest BCUT2D eigenvalue weighted by molar-refractivity contribution is 5.95. The maximum atomic E-state index is 5.51. The number of hydrogen-bond acceptors (Lipinski definition) is 4. The van der Waals surface area contributed by atoms with Crippen LogP contribution in [0.1, 0.15) is 5.69 Å². The second-order valence-corrected chi connectivity index (χ2v) is 3.88. The van der Waals surface area contributed by atoms with Gasteiger partial charge in [0.2, 0.25) is 0 Å². The second kappa shape index (κ2) is 5.01. The predicted octanol–water partition coefficient (Wildman–Crippen LogP) is 1.92. The molecule has 0 atom stereocenters. The van der Waals surface area contributed by atoms with Crippen molar-refractivity contribution in [1.29, 1.82) is 0 Å². The third kappa shape index (κ3) is 2.31. The van der Waals surface area contributed by atoms with Crippen molar-refractivity contribution in [1.82, 2.24) is 4.98 Å². The number of methoxy groups -OCH3 is 1. The molecule has 0 aliphatic heterocycles. The first-order valence-electron chi connectivity index (χ1n) is 5.64. The van der Waals surface area contributed by atoms with Crippen molar-refractivity contribution < 1.29 is 4.74 Å². The molecular weight excluding hydrogens is 214 g/mol. The molecule has 0 spiro atoms. The summed E-state index contributed by atoms with van der Waals surface area (Å²) in [5.74, 6) is 0.794. The molecular formula is C13H17N3O. The minimum Gasteiger partial charge on any atom is -0.494 e. The number of para-hydroxylation sites is 1. The van der Waals surface area contributed by atoms with Gasteiger partial charge in [-0.1, -0.05) is 12.1 Å². The number of anilines is 1. The van der Waals surface area contributed by atoms with Gasteiger partial charge in [0.1, 0.15) is 11.3 Å². The number of nitrogens with two attached hydrogens (primary N) is 1. The quantitative estimate of drug-likeness (QED) is 0.844. The second-order valence-electron chi connectivity index (χ2n) is 3.88. The first kappa shape index (κ1) is 11.7. The van der Waals surface area contributed by atoms with Crippen LogP contribution in [-0.2, 0) is 0 Å². The molecule has 0 unspecified atom stereocenters. The van der Waals surface area contributed by atoms with E-state index in [9.17, 15) is 0 Å². The highest BCUT2D eigenvalue weighted by Crippen LogP contribution is 2.29. The van der Waals surface area contributed by atoms with Crippen molar-refractivity contribution in [3.8, 4) is 5.75 Å². The maximum absolute atomic E-state index is 5.51. The third-order valence-electron chi connectivity index (χ3n) is 2.61. The summed E-state index contributed by atoms with van der Waals surface area (Å²) in [4.78, 5) is 4.52. The first-order valence-corrected chi connectivity index (χ1v) is 5.64. The highest BCUT2D eigenvalue weighted by atomic mass is 16.5. The summed E-state index contributed by atoms with van der Waals surface area (Å²) in [6.45, 7) is 3.32. The topological polar surface area (TPSA) is 60.2 Å². The lowest BCUT2D eigenvalue weighted by molar-refractivity contribution is 0.419. The number of nitrogens with zero attached hydrogens (tertiary/aromatic N) is 1. The van der Waals surface area contributed by atoms with Crippen molar-refractivity contribution in [3.63, 3.8) is 0 Å². The average molecular weight is 231 g/mol. The van der Waals surface area contributed by atoms with Gasteiger partial charge in [-0.2, -0.15) is 0 Å². The third-order valence-corrected chi connectivity index (χ3v) is 2.61. The smallest absolute Gasteiger partial charge is 0.145 e. The van der Waals surface area contributed by atoms with Crippen molar-refractivity contribution in [2.45, 2.75) is 6.92 Å². The molecule has 4 nitrogen and oxygen atoms in total. The molecule has 90 valence electrons. The molecule has 17 heavy (non-hydrogen) atoms. The Morgan fingerprint density at radius 2 is 2.24 bits per heavy atom. The Bertz CT molecular complexity index is 525. The van der Waals surface area contributed by atoms with E-state index in [-0.39, 0.29) is 0 Å². The first-order chi connectivity index (χ1) is 8.26. The highest BCUT2D eigenvalue weighted by Gasteiger charge is 2.07. The molecule has 0 amide bonds. The van der Waals surface area contributed by atoms with Crippen molar-refractivity contribution >= 4 is 16.6 Å². The molecule has 2 rings (SSSR count). The van der Waals surface area contributed by atoms with Crippen LogP contribution >= 0.6 is 0 Å². The number of pyridine rings is 1. The van der Waals surface area contributed by atoms with E-state index in [2.05, 4.69) is 10.3 Å². The van der Waals surface area contributed by atoms with Gasteiger partial charge in [-0.15, -0.1) is 0 Å². The van der Waals surface area contributed by atoms with Crippen LogP contribution in [-0.4, -0.2) is 25.2 Å². The fourth-order valence-electron chi connectivity index (χ4n) is 1.87. The summed E-state index contributed by atoms with van der Waals surface area (Å²) >= 11 is 0. The van der Waals surface area contributed by atoms with Crippen LogP contribution in [0.5, 0.6) is 5.75 Å². The fraction of sp³-hybridized carbons (Fsp3) is 0.308. The number of nitrogens with one attached hydrogen (secondary N) is 1. The standard InChI is InChI=1S/C13H17N3O/c1-9-8-11(15-7-6-14)10-4-3-5-12(17-2)13(10)16-9/h3-5,8H,6-7,14H2,1-2H3,(H,15,16). The van der Waals surface area contributed by atoms with Gasteiger partial charge < -0.3 is 15.8 Å². The zero-order valence-corrected chi connectivity index (χ0v) is 10.2. The molecule has 4 heteroatoms. The average Bonchev–Trinajstić information content (AvgIpc) is 2.35. The van der Waals surface area contributed by atoms with Gasteiger partial charge in [0.25, 0.3) is 0 Å². The van der Waals surface area contributed by atoms with E-state index in [1.807, 2.05) is 31.2 Å². The number of hydrogen-bond donors (Lipinski definition) is 2. The number of aryl methyl sites for hydroxylation is 1. The van der Waals surface area contributed by atoms with Gasteiger partial charge >= 0.3 is 0 Å². The number of rotatable bonds is 4. The summed E-state index contributed by atoms with van der Waals surface area (Å²) < 4.78 is 5.33. The number of aromatic nitrogens is 1. The summed E-state index contributed by atoms with van der Waals surface area (Å²) in [6, 6.07) is 7.94. The van der Waals surface area contributed by atoms with Gasteiger partial charge in [-0.25, -0.2) is 4.98 Å². The SMILES string of the molecule is COc1cccc2c(NCCN)cc(C)nc12.